The summed E-state index contributed by atoms with van der Waals surface area (Å²) in [5, 5.41) is 3.74. The van der Waals surface area contributed by atoms with Crippen molar-refractivity contribution in [2.24, 2.45) is 0 Å². The highest BCUT2D eigenvalue weighted by Crippen LogP contribution is 2.18. The van der Waals surface area contributed by atoms with Gasteiger partial charge in [-0.2, -0.15) is 0 Å². The van der Waals surface area contributed by atoms with Crippen LogP contribution >= 0.6 is 11.3 Å². The second kappa shape index (κ2) is 6.45. The number of aromatic nitrogens is 1. The molecule has 22 heavy (non-hydrogen) atoms. The number of nitrogens with one attached hydrogen (secondary N) is 2. The summed E-state index contributed by atoms with van der Waals surface area (Å²) in [6, 6.07) is 4.90. The molecule has 0 radical (unpaired) electrons. The minimum absolute atomic E-state index is 0.261. The van der Waals surface area contributed by atoms with E-state index >= 15 is 0 Å². The summed E-state index contributed by atoms with van der Waals surface area (Å²) >= 11 is 1.52. The minimum atomic E-state index is -3.38. The fourth-order valence-corrected chi connectivity index (χ4v) is 3.18. The molecule has 0 aliphatic heterocycles. The molecule has 0 aliphatic rings. The standard InChI is InChI=1S/C14H17N3O3S2/c1-9-4-5-11(6-13(9)17-22(3,19)20)14(18)16-8-12-7-15-10(2)21-12/h4-7,17H,8H2,1-3H3,(H,16,18). The number of aryl methyl sites for hydroxylation is 2. The Morgan fingerprint density at radius 1 is 1.32 bits per heavy atom. The van der Waals surface area contributed by atoms with Crippen LogP contribution in [0.4, 0.5) is 5.69 Å². The predicted molar refractivity (Wildman–Crippen MR) is 87.7 cm³/mol. The highest BCUT2D eigenvalue weighted by atomic mass is 32.2. The van der Waals surface area contributed by atoms with E-state index in [1.807, 2.05) is 6.92 Å². The summed E-state index contributed by atoms with van der Waals surface area (Å²) in [5.74, 6) is -0.261. The van der Waals surface area contributed by atoms with Crippen LogP contribution in [0, 0.1) is 13.8 Å². The minimum Gasteiger partial charge on any atom is -0.347 e. The first-order chi connectivity index (χ1) is 10.2. The number of hydrogen-bond acceptors (Lipinski definition) is 5. The van der Waals surface area contributed by atoms with Crippen LogP contribution in [0.3, 0.4) is 0 Å². The largest absolute Gasteiger partial charge is 0.347 e. The van der Waals surface area contributed by atoms with Crippen molar-refractivity contribution in [3.8, 4) is 0 Å². The Morgan fingerprint density at radius 2 is 2.05 bits per heavy atom. The van der Waals surface area contributed by atoms with E-state index in [2.05, 4.69) is 15.0 Å². The third-order valence-corrected chi connectivity index (χ3v) is 4.39. The van der Waals surface area contributed by atoms with E-state index in [9.17, 15) is 13.2 Å². The van der Waals surface area contributed by atoms with Crippen molar-refractivity contribution < 1.29 is 13.2 Å². The van der Waals surface area contributed by atoms with Gasteiger partial charge < -0.3 is 5.32 Å². The van der Waals surface area contributed by atoms with Gasteiger partial charge in [0.1, 0.15) is 0 Å². The van der Waals surface area contributed by atoms with E-state index in [4.69, 9.17) is 0 Å². The number of sulfonamides is 1. The molecule has 6 nitrogen and oxygen atoms in total. The van der Waals surface area contributed by atoms with Gasteiger partial charge in [0.2, 0.25) is 10.0 Å². The Kier molecular flexibility index (Phi) is 4.82. The van der Waals surface area contributed by atoms with Gasteiger partial charge in [0.25, 0.3) is 5.91 Å². The number of nitrogens with zero attached hydrogens (tertiary/aromatic N) is 1. The van der Waals surface area contributed by atoms with E-state index in [1.165, 1.54) is 17.4 Å². The zero-order valence-corrected chi connectivity index (χ0v) is 14.1. The molecular formula is C14H17N3O3S2. The summed E-state index contributed by atoms with van der Waals surface area (Å²) in [6.45, 7) is 4.07. The lowest BCUT2D eigenvalue weighted by Gasteiger charge is -2.10. The molecule has 0 spiro atoms. The third-order valence-electron chi connectivity index (χ3n) is 2.89. The molecule has 0 unspecified atom stereocenters. The van der Waals surface area contributed by atoms with Crippen LogP contribution in [0.5, 0.6) is 0 Å². The molecule has 1 aromatic heterocycles. The molecule has 118 valence electrons. The van der Waals surface area contributed by atoms with Crippen LogP contribution in [0.15, 0.2) is 24.4 Å². The number of anilines is 1. The average Bonchev–Trinajstić information content (AvgIpc) is 2.83. The number of rotatable bonds is 5. The maximum atomic E-state index is 12.1. The molecule has 0 aliphatic carbocycles. The van der Waals surface area contributed by atoms with Gasteiger partial charge in [0.15, 0.2) is 0 Å². The van der Waals surface area contributed by atoms with Gasteiger partial charge in [-0.1, -0.05) is 6.07 Å². The number of hydrogen-bond donors (Lipinski definition) is 2. The summed E-state index contributed by atoms with van der Waals surface area (Å²) in [4.78, 5) is 17.2. The molecule has 8 heteroatoms. The van der Waals surface area contributed by atoms with E-state index in [1.54, 1.807) is 25.3 Å². The Labute approximate surface area is 133 Å². The maximum absolute atomic E-state index is 12.1. The summed E-state index contributed by atoms with van der Waals surface area (Å²) in [6.07, 6.45) is 2.80. The molecule has 1 heterocycles. The molecule has 0 atom stereocenters. The van der Waals surface area contributed by atoms with Crippen molar-refractivity contribution in [2.45, 2.75) is 20.4 Å². The van der Waals surface area contributed by atoms with Gasteiger partial charge in [-0.05, 0) is 31.5 Å². The number of benzene rings is 1. The number of amides is 1. The predicted octanol–water partition coefficient (Wildman–Crippen LogP) is 2.06. The van der Waals surface area contributed by atoms with Gasteiger partial charge in [-0.3, -0.25) is 9.52 Å². The molecule has 2 N–H and O–H groups in total. The first-order valence-electron chi connectivity index (χ1n) is 6.52. The van der Waals surface area contributed by atoms with Crippen LogP contribution in [-0.2, 0) is 16.6 Å². The number of carbonyl (C=O) groups is 1. The normalized spacial score (nSPS) is 11.2. The molecule has 1 amide bonds. The van der Waals surface area contributed by atoms with Crippen molar-refractivity contribution in [3.63, 3.8) is 0 Å². The van der Waals surface area contributed by atoms with E-state index in [0.29, 0.717) is 17.8 Å². The monoisotopic (exact) mass is 339 g/mol. The smallest absolute Gasteiger partial charge is 0.251 e. The molecule has 2 rings (SSSR count). The van der Waals surface area contributed by atoms with Crippen molar-refractivity contribution in [3.05, 3.63) is 45.4 Å². The number of thiazole rings is 1. The second-order valence-corrected chi connectivity index (χ2v) is 8.00. The third kappa shape index (κ3) is 4.54. The SMILES string of the molecule is Cc1ncc(CNC(=O)c2ccc(C)c(NS(C)(=O)=O)c2)s1. The zero-order chi connectivity index (χ0) is 16.3. The molecule has 2 aromatic rings. The van der Waals surface area contributed by atoms with Crippen LogP contribution in [0.2, 0.25) is 0 Å². The molecule has 0 saturated heterocycles. The van der Waals surface area contributed by atoms with E-state index in [0.717, 1.165) is 21.7 Å². The van der Waals surface area contributed by atoms with Crippen molar-refractivity contribution in [2.75, 3.05) is 11.0 Å². The van der Waals surface area contributed by atoms with E-state index < -0.39 is 10.0 Å². The van der Waals surface area contributed by atoms with Crippen molar-refractivity contribution in [1.29, 1.82) is 0 Å². The molecule has 0 fully saturated rings. The topological polar surface area (TPSA) is 88.2 Å². The quantitative estimate of drug-likeness (QED) is 0.873. The molecule has 1 aromatic carbocycles. The fourth-order valence-electron chi connectivity index (χ4n) is 1.83. The van der Waals surface area contributed by atoms with Crippen molar-refractivity contribution in [1.82, 2.24) is 10.3 Å². The lowest BCUT2D eigenvalue weighted by molar-refractivity contribution is 0.0951. The Bertz CT molecular complexity index is 797. The first kappa shape index (κ1) is 16.4. The van der Waals surface area contributed by atoms with Crippen LogP contribution in [-0.4, -0.2) is 25.6 Å². The summed E-state index contributed by atoms with van der Waals surface area (Å²) in [7, 11) is -3.38. The van der Waals surface area contributed by atoms with Gasteiger partial charge in [-0.15, -0.1) is 11.3 Å². The van der Waals surface area contributed by atoms with E-state index in [-0.39, 0.29) is 5.91 Å². The summed E-state index contributed by atoms with van der Waals surface area (Å²) in [5.41, 5.74) is 1.56. The highest BCUT2D eigenvalue weighted by molar-refractivity contribution is 7.92. The van der Waals surface area contributed by atoms with Gasteiger partial charge >= 0.3 is 0 Å². The Balaban J connectivity index is 2.11. The van der Waals surface area contributed by atoms with Crippen LogP contribution in [0.25, 0.3) is 0 Å². The molecule has 0 saturated carbocycles. The maximum Gasteiger partial charge on any atom is 0.251 e. The molecular weight excluding hydrogens is 322 g/mol. The van der Waals surface area contributed by atoms with Crippen LogP contribution < -0.4 is 10.0 Å². The lowest BCUT2D eigenvalue weighted by Crippen LogP contribution is -2.22. The second-order valence-electron chi connectivity index (χ2n) is 4.93. The Morgan fingerprint density at radius 3 is 2.64 bits per heavy atom. The lowest BCUT2D eigenvalue weighted by atomic mass is 10.1. The Hall–Kier alpha value is -1.93. The highest BCUT2D eigenvalue weighted by Gasteiger charge is 2.11. The summed E-state index contributed by atoms with van der Waals surface area (Å²) < 4.78 is 25.1. The first-order valence-corrected chi connectivity index (χ1v) is 9.23. The number of carbonyl (C=O) groups excluding carboxylic acids is 1. The van der Waals surface area contributed by atoms with Crippen LogP contribution in [0.1, 0.15) is 25.8 Å². The molecule has 0 bridgehead atoms. The average molecular weight is 339 g/mol. The van der Waals surface area contributed by atoms with Gasteiger partial charge in [0.05, 0.1) is 23.5 Å². The fraction of sp³-hybridized carbons (Fsp3) is 0.286. The zero-order valence-electron chi connectivity index (χ0n) is 12.5. The van der Waals surface area contributed by atoms with Gasteiger partial charge in [0, 0.05) is 16.6 Å². The van der Waals surface area contributed by atoms with Crippen molar-refractivity contribution >= 4 is 33.0 Å². The van der Waals surface area contributed by atoms with Gasteiger partial charge in [-0.25, -0.2) is 13.4 Å².